The molecule has 0 atom stereocenters. The molecule has 2 N–H and O–H groups in total. The third kappa shape index (κ3) is 3.56. The summed E-state index contributed by atoms with van der Waals surface area (Å²) in [6.45, 7) is 0.616. The van der Waals surface area contributed by atoms with Crippen LogP contribution in [0.1, 0.15) is 22.7 Å². The van der Waals surface area contributed by atoms with Gasteiger partial charge in [-0.3, -0.25) is 4.79 Å². The minimum absolute atomic E-state index is 0.118. The third-order valence-corrected chi connectivity index (χ3v) is 4.51. The second kappa shape index (κ2) is 6.64. The van der Waals surface area contributed by atoms with Crippen LogP contribution >= 0.6 is 22.7 Å². The molecule has 3 heterocycles. The van der Waals surface area contributed by atoms with Crippen molar-refractivity contribution in [3.8, 4) is 10.6 Å². The molecule has 5 nitrogen and oxygen atoms in total. The van der Waals surface area contributed by atoms with E-state index in [2.05, 4.69) is 20.3 Å². The number of nitrogens with zero attached hydrogens (tertiary/aromatic N) is 2. The molecule has 0 fully saturated rings. The van der Waals surface area contributed by atoms with Crippen LogP contribution in [0.2, 0.25) is 0 Å². The Bertz CT molecular complexity index is 688. The molecule has 3 rings (SSSR count). The fourth-order valence-corrected chi connectivity index (χ4v) is 3.39. The lowest BCUT2D eigenvalue weighted by Crippen LogP contribution is -2.25. The number of hydrogen-bond acceptors (Lipinski definition) is 5. The van der Waals surface area contributed by atoms with Crippen LogP contribution in [0.15, 0.2) is 34.6 Å². The smallest absolute Gasteiger partial charge is 0.270 e. The van der Waals surface area contributed by atoms with E-state index >= 15 is 0 Å². The summed E-state index contributed by atoms with van der Waals surface area (Å²) in [6.07, 6.45) is 5.20. The maximum atomic E-state index is 12.0. The molecule has 3 aromatic heterocycles. The molecular formula is C14H14N4OS2. The number of aryl methyl sites for hydroxylation is 1. The van der Waals surface area contributed by atoms with Gasteiger partial charge in [-0.05, 0) is 17.9 Å². The van der Waals surface area contributed by atoms with E-state index in [9.17, 15) is 4.79 Å². The molecule has 108 valence electrons. The van der Waals surface area contributed by atoms with Crippen molar-refractivity contribution >= 4 is 28.6 Å². The SMILES string of the molecule is O=C(NCCCc1ncc[nH]1)c1csc(-c2ccsc2)n1. The van der Waals surface area contributed by atoms with Crippen molar-refractivity contribution in [2.75, 3.05) is 6.54 Å². The molecule has 3 aromatic rings. The summed E-state index contributed by atoms with van der Waals surface area (Å²) >= 11 is 3.12. The lowest BCUT2D eigenvalue weighted by molar-refractivity contribution is 0.0949. The van der Waals surface area contributed by atoms with E-state index in [4.69, 9.17) is 0 Å². The molecule has 0 aromatic carbocycles. The molecule has 1 amide bonds. The van der Waals surface area contributed by atoms with Crippen LogP contribution in [-0.4, -0.2) is 27.4 Å². The maximum Gasteiger partial charge on any atom is 0.270 e. The average Bonchev–Trinajstić information content (AvgIpc) is 3.25. The zero-order chi connectivity index (χ0) is 14.5. The zero-order valence-electron chi connectivity index (χ0n) is 11.2. The van der Waals surface area contributed by atoms with Gasteiger partial charge in [-0.1, -0.05) is 0 Å². The normalized spacial score (nSPS) is 10.7. The van der Waals surface area contributed by atoms with Crippen LogP contribution in [0.4, 0.5) is 0 Å². The van der Waals surface area contributed by atoms with Gasteiger partial charge in [-0.15, -0.1) is 11.3 Å². The number of H-pyrrole nitrogens is 1. The lowest BCUT2D eigenvalue weighted by atomic mass is 10.3. The van der Waals surface area contributed by atoms with E-state index in [1.165, 1.54) is 11.3 Å². The van der Waals surface area contributed by atoms with E-state index in [1.54, 1.807) is 29.1 Å². The van der Waals surface area contributed by atoms with Crippen molar-refractivity contribution in [3.63, 3.8) is 0 Å². The van der Waals surface area contributed by atoms with Crippen LogP contribution in [0.3, 0.4) is 0 Å². The number of imidazole rings is 1. The first kappa shape index (κ1) is 14.0. The molecule has 0 aliphatic carbocycles. The first-order valence-electron chi connectivity index (χ1n) is 6.57. The molecule has 7 heteroatoms. The summed E-state index contributed by atoms with van der Waals surface area (Å²) in [5.41, 5.74) is 1.56. The summed E-state index contributed by atoms with van der Waals surface area (Å²) in [7, 11) is 0. The van der Waals surface area contributed by atoms with Crippen molar-refractivity contribution in [2.45, 2.75) is 12.8 Å². The van der Waals surface area contributed by atoms with Gasteiger partial charge in [-0.2, -0.15) is 11.3 Å². The van der Waals surface area contributed by atoms with Gasteiger partial charge >= 0.3 is 0 Å². The highest BCUT2D eigenvalue weighted by Gasteiger charge is 2.11. The molecule has 21 heavy (non-hydrogen) atoms. The number of aromatic nitrogens is 3. The molecular weight excluding hydrogens is 304 g/mol. The Balaban J connectivity index is 1.49. The van der Waals surface area contributed by atoms with Crippen LogP contribution in [0.25, 0.3) is 10.6 Å². The number of carbonyl (C=O) groups excluding carboxylic acids is 1. The monoisotopic (exact) mass is 318 g/mol. The van der Waals surface area contributed by atoms with Crippen molar-refractivity contribution in [1.82, 2.24) is 20.3 Å². The van der Waals surface area contributed by atoms with Gasteiger partial charge in [0.05, 0.1) is 0 Å². The molecule has 0 saturated carbocycles. The summed E-state index contributed by atoms with van der Waals surface area (Å²) in [6, 6.07) is 2.01. The number of carbonyl (C=O) groups is 1. The highest BCUT2D eigenvalue weighted by Crippen LogP contribution is 2.25. The Morgan fingerprint density at radius 3 is 3.10 bits per heavy atom. The minimum Gasteiger partial charge on any atom is -0.351 e. The fraction of sp³-hybridized carbons (Fsp3) is 0.214. The zero-order valence-corrected chi connectivity index (χ0v) is 12.8. The first-order chi connectivity index (χ1) is 10.3. The molecule has 0 bridgehead atoms. The summed E-state index contributed by atoms with van der Waals surface area (Å²) in [4.78, 5) is 23.6. The van der Waals surface area contributed by atoms with Gasteiger partial charge in [0.2, 0.25) is 0 Å². The van der Waals surface area contributed by atoms with E-state index < -0.39 is 0 Å². The highest BCUT2D eigenvalue weighted by atomic mass is 32.1. The third-order valence-electron chi connectivity index (χ3n) is 2.94. The van der Waals surface area contributed by atoms with Gasteiger partial charge in [0.15, 0.2) is 0 Å². The number of aromatic amines is 1. The quantitative estimate of drug-likeness (QED) is 0.686. The number of amides is 1. The van der Waals surface area contributed by atoms with Crippen molar-refractivity contribution in [2.24, 2.45) is 0 Å². The topological polar surface area (TPSA) is 70.7 Å². The lowest BCUT2D eigenvalue weighted by Gasteiger charge is -2.01. The molecule has 0 unspecified atom stereocenters. The van der Waals surface area contributed by atoms with Gasteiger partial charge in [0.1, 0.15) is 16.5 Å². The Morgan fingerprint density at radius 1 is 1.38 bits per heavy atom. The molecule has 0 saturated heterocycles. The number of rotatable bonds is 6. The number of nitrogens with one attached hydrogen (secondary N) is 2. The minimum atomic E-state index is -0.118. The Hall–Kier alpha value is -1.99. The van der Waals surface area contributed by atoms with E-state index in [1.807, 2.05) is 16.8 Å². The number of hydrogen-bond donors (Lipinski definition) is 2. The average molecular weight is 318 g/mol. The Labute approximate surface area is 130 Å². The van der Waals surface area contributed by atoms with Crippen LogP contribution in [0, 0.1) is 0 Å². The van der Waals surface area contributed by atoms with Crippen molar-refractivity contribution in [1.29, 1.82) is 0 Å². The number of thiophene rings is 1. The van der Waals surface area contributed by atoms with Crippen molar-refractivity contribution in [3.05, 3.63) is 46.1 Å². The maximum absolute atomic E-state index is 12.0. The molecule has 0 aliphatic heterocycles. The first-order valence-corrected chi connectivity index (χ1v) is 8.40. The predicted octanol–water partition coefficient (Wildman–Crippen LogP) is 2.96. The van der Waals surface area contributed by atoms with E-state index in [0.717, 1.165) is 29.2 Å². The predicted molar refractivity (Wildman–Crippen MR) is 84.7 cm³/mol. The summed E-state index contributed by atoms with van der Waals surface area (Å²) in [5, 5.41) is 9.61. The van der Waals surface area contributed by atoms with Gasteiger partial charge in [0, 0.05) is 41.7 Å². The summed E-state index contributed by atoms with van der Waals surface area (Å²) in [5.74, 6) is 0.824. The molecule has 0 radical (unpaired) electrons. The highest BCUT2D eigenvalue weighted by molar-refractivity contribution is 7.14. The molecule has 0 spiro atoms. The standard InChI is InChI=1S/C14H14N4OS2/c19-13(17-4-1-2-12-15-5-6-16-12)11-9-21-14(18-11)10-3-7-20-8-10/h3,5-9H,1-2,4H2,(H,15,16)(H,17,19). The van der Waals surface area contributed by atoms with Crippen LogP contribution in [-0.2, 0) is 6.42 Å². The van der Waals surface area contributed by atoms with Crippen LogP contribution < -0.4 is 5.32 Å². The van der Waals surface area contributed by atoms with Gasteiger partial charge in [-0.25, -0.2) is 9.97 Å². The largest absolute Gasteiger partial charge is 0.351 e. The molecule has 0 aliphatic rings. The second-order valence-corrected chi connectivity index (χ2v) is 6.08. The van der Waals surface area contributed by atoms with Gasteiger partial charge < -0.3 is 10.3 Å². The van der Waals surface area contributed by atoms with E-state index in [-0.39, 0.29) is 5.91 Å². The fourth-order valence-electron chi connectivity index (χ4n) is 1.88. The number of thiazole rings is 1. The van der Waals surface area contributed by atoms with E-state index in [0.29, 0.717) is 12.2 Å². The second-order valence-electron chi connectivity index (χ2n) is 4.45. The summed E-state index contributed by atoms with van der Waals surface area (Å²) < 4.78 is 0. The van der Waals surface area contributed by atoms with Crippen LogP contribution in [0.5, 0.6) is 0 Å². The Kier molecular flexibility index (Phi) is 4.42. The van der Waals surface area contributed by atoms with Gasteiger partial charge in [0.25, 0.3) is 5.91 Å². The Morgan fingerprint density at radius 2 is 2.33 bits per heavy atom. The van der Waals surface area contributed by atoms with Crippen molar-refractivity contribution < 1.29 is 4.79 Å².